The summed E-state index contributed by atoms with van der Waals surface area (Å²) in [6.45, 7) is 4.43. The number of aryl methyl sites for hydroxylation is 2. The Morgan fingerprint density at radius 1 is 1.14 bits per heavy atom. The zero-order valence-corrected chi connectivity index (χ0v) is 20.8. The second-order valence-corrected chi connectivity index (χ2v) is 8.69. The normalized spacial score (nSPS) is 17.0. The quantitative estimate of drug-likeness (QED) is 0.448. The van der Waals surface area contributed by atoms with Crippen molar-refractivity contribution < 1.29 is 23.8 Å². The van der Waals surface area contributed by atoms with Crippen molar-refractivity contribution in [2.45, 2.75) is 52.4 Å². The number of hydrogen-bond donors (Lipinski definition) is 1. The lowest BCUT2D eigenvalue weighted by Crippen LogP contribution is -2.25. The third kappa shape index (κ3) is 6.18. The molecule has 10 heteroatoms. The minimum atomic E-state index is -0.519. The first-order chi connectivity index (χ1) is 17.4. The Hall–Kier alpha value is -3.95. The van der Waals surface area contributed by atoms with E-state index in [0.717, 1.165) is 29.7 Å². The molecule has 1 aliphatic rings. The maximum atomic E-state index is 12.2. The molecule has 3 aromatic rings. The first-order valence-corrected chi connectivity index (χ1v) is 12.1. The molecule has 1 aromatic carbocycles. The van der Waals surface area contributed by atoms with Gasteiger partial charge in [-0.2, -0.15) is 5.10 Å². The number of ether oxygens (including phenoxy) is 3. The fourth-order valence-corrected chi connectivity index (χ4v) is 4.21. The van der Waals surface area contributed by atoms with Crippen molar-refractivity contribution in [1.82, 2.24) is 25.1 Å². The van der Waals surface area contributed by atoms with E-state index in [2.05, 4.69) is 20.4 Å². The Kier molecular flexibility index (Phi) is 8.14. The fraction of sp³-hybridized carbons (Fsp3) is 0.423. The predicted octanol–water partition coefficient (Wildman–Crippen LogP) is 3.72. The van der Waals surface area contributed by atoms with Gasteiger partial charge in [-0.15, -0.1) is 0 Å². The van der Waals surface area contributed by atoms with Crippen LogP contribution in [0.15, 0.2) is 42.7 Å². The van der Waals surface area contributed by atoms with Gasteiger partial charge in [-0.05, 0) is 38.7 Å². The van der Waals surface area contributed by atoms with E-state index in [1.165, 1.54) is 0 Å². The number of rotatable bonds is 9. The Labute approximate surface area is 210 Å². The molecule has 0 bridgehead atoms. The third-order valence-electron chi connectivity index (χ3n) is 6.13. The van der Waals surface area contributed by atoms with Gasteiger partial charge in [0.15, 0.2) is 0 Å². The smallest absolute Gasteiger partial charge is 0.407 e. The molecule has 0 aliphatic heterocycles. The molecule has 36 heavy (non-hydrogen) atoms. The molecule has 2 aromatic heterocycles. The molecular formula is C26H31N5O5. The van der Waals surface area contributed by atoms with Gasteiger partial charge in [-0.3, -0.25) is 9.48 Å². The van der Waals surface area contributed by atoms with Crippen molar-refractivity contribution in [3.05, 3.63) is 59.7 Å². The molecule has 0 radical (unpaired) electrons. The van der Waals surface area contributed by atoms with Crippen LogP contribution in [0.3, 0.4) is 0 Å². The van der Waals surface area contributed by atoms with Crippen molar-refractivity contribution in [1.29, 1.82) is 0 Å². The molecule has 0 saturated heterocycles. The second kappa shape index (κ2) is 11.7. The number of carbonyl (C=O) groups is 2. The summed E-state index contributed by atoms with van der Waals surface area (Å²) in [5, 5.41) is 7.09. The number of alkyl carbamates (subject to hydrolysis) is 1. The molecule has 0 unspecified atom stereocenters. The van der Waals surface area contributed by atoms with E-state index in [1.807, 2.05) is 44.2 Å². The largest absolute Gasteiger partial charge is 0.473 e. The molecular weight excluding hydrogens is 462 g/mol. The molecule has 1 amide bonds. The molecule has 0 spiro atoms. The van der Waals surface area contributed by atoms with E-state index in [9.17, 15) is 9.59 Å². The van der Waals surface area contributed by atoms with Crippen LogP contribution in [0, 0.1) is 12.8 Å². The molecule has 2 heterocycles. The molecule has 10 nitrogen and oxygen atoms in total. The number of aromatic nitrogens is 4. The Morgan fingerprint density at radius 3 is 2.69 bits per heavy atom. The maximum absolute atomic E-state index is 12.2. The zero-order valence-electron chi connectivity index (χ0n) is 20.8. The highest BCUT2D eigenvalue weighted by molar-refractivity contribution is 5.72. The van der Waals surface area contributed by atoms with Crippen molar-refractivity contribution in [2.75, 3.05) is 6.61 Å². The summed E-state index contributed by atoms with van der Waals surface area (Å²) in [4.78, 5) is 33.3. The van der Waals surface area contributed by atoms with Crippen LogP contribution in [-0.2, 0) is 34.5 Å². The van der Waals surface area contributed by atoms with Crippen LogP contribution < -0.4 is 10.1 Å². The summed E-state index contributed by atoms with van der Waals surface area (Å²) in [6.07, 6.45) is 4.83. The highest BCUT2D eigenvalue weighted by Crippen LogP contribution is 2.31. The van der Waals surface area contributed by atoms with E-state index in [-0.39, 0.29) is 31.1 Å². The third-order valence-corrected chi connectivity index (χ3v) is 6.13. The lowest BCUT2D eigenvalue weighted by Gasteiger charge is -2.15. The number of esters is 1. The number of benzene rings is 1. The zero-order chi connectivity index (χ0) is 25.5. The van der Waals surface area contributed by atoms with Crippen LogP contribution in [0.2, 0.25) is 0 Å². The number of hydrogen-bond acceptors (Lipinski definition) is 8. The van der Waals surface area contributed by atoms with Gasteiger partial charge in [-0.1, -0.05) is 30.3 Å². The van der Waals surface area contributed by atoms with Gasteiger partial charge >= 0.3 is 12.1 Å². The van der Waals surface area contributed by atoms with Crippen LogP contribution >= 0.6 is 0 Å². The van der Waals surface area contributed by atoms with Gasteiger partial charge in [0.05, 0.1) is 42.9 Å². The first-order valence-electron chi connectivity index (χ1n) is 12.1. The van der Waals surface area contributed by atoms with Crippen molar-refractivity contribution in [3.63, 3.8) is 0 Å². The molecule has 2 atom stereocenters. The average Bonchev–Trinajstić information content (AvgIpc) is 3.50. The SMILES string of the molecule is CCOC(=O)[C@H]1CC[C@H](Oc2ncc(-c3cnn(C)c3CNC(=O)OCc3ccccc3)nc2C)C1. The lowest BCUT2D eigenvalue weighted by molar-refractivity contribution is -0.147. The van der Waals surface area contributed by atoms with Crippen molar-refractivity contribution in [2.24, 2.45) is 13.0 Å². The summed E-state index contributed by atoms with van der Waals surface area (Å²) < 4.78 is 18.2. The van der Waals surface area contributed by atoms with E-state index >= 15 is 0 Å². The summed E-state index contributed by atoms with van der Waals surface area (Å²) in [5.74, 6) is 0.150. The summed E-state index contributed by atoms with van der Waals surface area (Å²) >= 11 is 0. The van der Waals surface area contributed by atoms with Crippen LogP contribution in [-0.4, -0.2) is 44.5 Å². The monoisotopic (exact) mass is 493 g/mol. The van der Waals surface area contributed by atoms with Crippen LogP contribution in [0.4, 0.5) is 4.79 Å². The van der Waals surface area contributed by atoms with Crippen molar-refractivity contribution in [3.8, 4) is 17.1 Å². The second-order valence-electron chi connectivity index (χ2n) is 8.69. The average molecular weight is 494 g/mol. The van der Waals surface area contributed by atoms with Gasteiger partial charge in [0.2, 0.25) is 5.88 Å². The van der Waals surface area contributed by atoms with Gasteiger partial charge in [0.1, 0.15) is 18.4 Å². The number of amides is 1. The predicted molar refractivity (Wildman–Crippen MR) is 131 cm³/mol. The van der Waals surface area contributed by atoms with Gasteiger partial charge in [0.25, 0.3) is 0 Å². The van der Waals surface area contributed by atoms with E-state index in [1.54, 1.807) is 24.1 Å². The topological polar surface area (TPSA) is 117 Å². The van der Waals surface area contributed by atoms with Gasteiger partial charge in [0, 0.05) is 12.6 Å². The van der Waals surface area contributed by atoms with E-state index < -0.39 is 6.09 Å². The fourth-order valence-electron chi connectivity index (χ4n) is 4.21. The summed E-state index contributed by atoms with van der Waals surface area (Å²) in [5.41, 5.74) is 3.69. The van der Waals surface area contributed by atoms with Gasteiger partial charge in [-0.25, -0.2) is 14.8 Å². The molecule has 1 saturated carbocycles. The standard InChI is InChI=1S/C26H31N5O5/c1-4-34-25(32)19-10-11-20(12-19)36-24-17(2)30-22(14-27-24)21-13-29-31(3)23(21)15-28-26(33)35-16-18-8-6-5-7-9-18/h5-9,13-14,19-20H,4,10-12,15-16H2,1-3H3,(H,28,33)/t19-,20-/m0/s1. The van der Waals surface area contributed by atoms with Crippen LogP contribution in [0.1, 0.15) is 43.1 Å². The maximum Gasteiger partial charge on any atom is 0.407 e. The number of carbonyl (C=O) groups excluding carboxylic acids is 2. The highest BCUT2D eigenvalue weighted by Gasteiger charge is 2.32. The van der Waals surface area contributed by atoms with Gasteiger partial charge < -0.3 is 19.5 Å². The molecule has 4 rings (SSSR count). The highest BCUT2D eigenvalue weighted by atomic mass is 16.5. The van der Waals surface area contributed by atoms with E-state index in [0.29, 0.717) is 30.3 Å². The first kappa shape index (κ1) is 25.2. The Bertz CT molecular complexity index is 1200. The number of nitrogens with one attached hydrogen (secondary N) is 1. The Balaban J connectivity index is 1.36. The minimum Gasteiger partial charge on any atom is -0.473 e. The van der Waals surface area contributed by atoms with E-state index in [4.69, 9.17) is 14.2 Å². The van der Waals surface area contributed by atoms with Crippen LogP contribution in [0.25, 0.3) is 11.3 Å². The van der Waals surface area contributed by atoms with Crippen LogP contribution in [0.5, 0.6) is 5.88 Å². The molecule has 1 fully saturated rings. The number of nitrogens with zero attached hydrogens (tertiary/aromatic N) is 4. The molecule has 1 N–H and O–H groups in total. The van der Waals surface area contributed by atoms with Crippen molar-refractivity contribution >= 4 is 12.1 Å². The molecule has 1 aliphatic carbocycles. The minimum absolute atomic E-state index is 0.0988. The summed E-state index contributed by atoms with van der Waals surface area (Å²) in [6, 6.07) is 9.49. The summed E-state index contributed by atoms with van der Waals surface area (Å²) in [7, 11) is 1.80. The molecule has 190 valence electrons. The Morgan fingerprint density at radius 2 is 1.94 bits per heavy atom. The lowest BCUT2D eigenvalue weighted by atomic mass is 10.1.